The highest BCUT2D eigenvalue weighted by atomic mass is 32.1. The van der Waals surface area contributed by atoms with Gasteiger partial charge in [0.1, 0.15) is 0 Å². The molecule has 0 radical (unpaired) electrons. The van der Waals surface area contributed by atoms with Gasteiger partial charge in [0.05, 0.1) is 16.3 Å². The molecule has 4 heteroatoms. The number of hydrogen-bond donors (Lipinski definition) is 1. The van der Waals surface area contributed by atoms with Gasteiger partial charge in [0.15, 0.2) is 5.13 Å². The van der Waals surface area contributed by atoms with E-state index in [2.05, 4.69) is 30.9 Å². The number of rotatable bonds is 1. The second kappa shape index (κ2) is 3.96. The Labute approximate surface area is 105 Å². The molecule has 1 N–H and O–H groups in total. The SMILES string of the molecule is Cc1cc(C)c2nc(N3CCC(O)C3)sc2c1. The zero-order chi connectivity index (χ0) is 12.0. The lowest BCUT2D eigenvalue weighted by atomic mass is 10.1. The summed E-state index contributed by atoms with van der Waals surface area (Å²) in [6, 6.07) is 4.36. The van der Waals surface area contributed by atoms with Crippen molar-refractivity contribution in [1.82, 2.24) is 4.98 Å². The van der Waals surface area contributed by atoms with Crippen LogP contribution < -0.4 is 4.90 Å². The van der Waals surface area contributed by atoms with Gasteiger partial charge in [-0.2, -0.15) is 0 Å². The first-order valence-electron chi connectivity index (χ1n) is 5.94. The third-order valence-electron chi connectivity index (χ3n) is 3.25. The number of thiazole rings is 1. The van der Waals surface area contributed by atoms with E-state index < -0.39 is 0 Å². The number of anilines is 1. The van der Waals surface area contributed by atoms with Gasteiger partial charge in [-0.15, -0.1) is 0 Å². The van der Waals surface area contributed by atoms with E-state index in [0.29, 0.717) is 0 Å². The van der Waals surface area contributed by atoms with Crippen molar-refractivity contribution in [1.29, 1.82) is 0 Å². The number of aromatic nitrogens is 1. The Hall–Kier alpha value is -1.13. The molecule has 1 aromatic heterocycles. The molecule has 17 heavy (non-hydrogen) atoms. The average molecular weight is 248 g/mol. The zero-order valence-corrected chi connectivity index (χ0v) is 10.9. The number of nitrogens with zero attached hydrogens (tertiary/aromatic N) is 2. The number of aryl methyl sites for hydroxylation is 2. The normalized spacial score (nSPS) is 20.4. The monoisotopic (exact) mass is 248 g/mol. The van der Waals surface area contributed by atoms with Gasteiger partial charge >= 0.3 is 0 Å². The highest BCUT2D eigenvalue weighted by Crippen LogP contribution is 2.33. The molecule has 3 nitrogen and oxygen atoms in total. The van der Waals surface area contributed by atoms with Crippen LogP contribution in [0.25, 0.3) is 10.2 Å². The van der Waals surface area contributed by atoms with Crippen molar-refractivity contribution in [2.45, 2.75) is 26.4 Å². The Kier molecular flexibility index (Phi) is 2.56. The minimum Gasteiger partial charge on any atom is -0.391 e. The molecular formula is C13H16N2OS. The second-order valence-corrected chi connectivity index (χ2v) is 5.82. The molecule has 2 heterocycles. The summed E-state index contributed by atoms with van der Waals surface area (Å²) in [5, 5.41) is 10.6. The maximum absolute atomic E-state index is 9.57. The molecule has 90 valence electrons. The van der Waals surface area contributed by atoms with Gasteiger partial charge < -0.3 is 10.0 Å². The minimum absolute atomic E-state index is 0.190. The van der Waals surface area contributed by atoms with Gasteiger partial charge in [-0.3, -0.25) is 0 Å². The van der Waals surface area contributed by atoms with Crippen LogP contribution in [0.1, 0.15) is 17.5 Å². The molecule has 1 fully saturated rings. The predicted molar refractivity (Wildman–Crippen MR) is 71.9 cm³/mol. The molecule has 1 aromatic carbocycles. The molecule has 0 aliphatic carbocycles. The fraction of sp³-hybridized carbons (Fsp3) is 0.462. The van der Waals surface area contributed by atoms with Crippen LogP contribution in [0.5, 0.6) is 0 Å². The van der Waals surface area contributed by atoms with E-state index in [1.807, 2.05) is 0 Å². The lowest BCUT2D eigenvalue weighted by Crippen LogP contribution is -2.20. The zero-order valence-electron chi connectivity index (χ0n) is 10.1. The van der Waals surface area contributed by atoms with Crippen LogP contribution in [-0.4, -0.2) is 29.3 Å². The van der Waals surface area contributed by atoms with Crippen molar-refractivity contribution >= 4 is 26.7 Å². The molecular weight excluding hydrogens is 232 g/mol. The van der Waals surface area contributed by atoms with Crippen molar-refractivity contribution in [2.24, 2.45) is 0 Å². The maximum Gasteiger partial charge on any atom is 0.186 e. The van der Waals surface area contributed by atoms with Gasteiger partial charge in [0.2, 0.25) is 0 Å². The molecule has 1 aliphatic rings. The first kappa shape index (κ1) is 11.0. The number of hydrogen-bond acceptors (Lipinski definition) is 4. The molecule has 2 aromatic rings. The highest BCUT2D eigenvalue weighted by molar-refractivity contribution is 7.22. The number of aliphatic hydroxyl groups excluding tert-OH is 1. The molecule has 1 saturated heterocycles. The van der Waals surface area contributed by atoms with Crippen LogP contribution in [0.15, 0.2) is 12.1 Å². The van der Waals surface area contributed by atoms with Crippen LogP contribution in [0.4, 0.5) is 5.13 Å². The average Bonchev–Trinajstić information content (AvgIpc) is 2.83. The largest absolute Gasteiger partial charge is 0.391 e. The fourth-order valence-corrected chi connectivity index (χ4v) is 3.59. The summed E-state index contributed by atoms with van der Waals surface area (Å²) in [7, 11) is 0. The summed E-state index contributed by atoms with van der Waals surface area (Å²) in [6.45, 7) is 5.86. The summed E-state index contributed by atoms with van der Waals surface area (Å²) in [6.07, 6.45) is 0.665. The molecule has 0 amide bonds. The fourth-order valence-electron chi connectivity index (χ4n) is 2.41. The van der Waals surface area contributed by atoms with Gasteiger partial charge in [0.25, 0.3) is 0 Å². The van der Waals surface area contributed by atoms with Crippen LogP contribution in [0, 0.1) is 13.8 Å². The van der Waals surface area contributed by atoms with Gasteiger partial charge in [-0.05, 0) is 37.5 Å². The predicted octanol–water partition coefficient (Wildman–Crippen LogP) is 2.48. The number of benzene rings is 1. The van der Waals surface area contributed by atoms with Crippen molar-refractivity contribution in [3.05, 3.63) is 23.3 Å². The first-order chi connectivity index (χ1) is 8.13. The third-order valence-corrected chi connectivity index (χ3v) is 4.32. The van der Waals surface area contributed by atoms with Crippen LogP contribution in [0.3, 0.4) is 0 Å². The van der Waals surface area contributed by atoms with E-state index >= 15 is 0 Å². The number of fused-ring (bicyclic) bond motifs is 1. The van der Waals surface area contributed by atoms with Crippen LogP contribution >= 0.6 is 11.3 Å². The Morgan fingerprint density at radius 2 is 2.24 bits per heavy atom. The molecule has 0 bridgehead atoms. The van der Waals surface area contributed by atoms with Crippen LogP contribution in [0.2, 0.25) is 0 Å². The Bertz CT molecular complexity index is 564. The van der Waals surface area contributed by atoms with E-state index in [4.69, 9.17) is 4.98 Å². The van der Waals surface area contributed by atoms with E-state index in [1.165, 1.54) is 15.8 Å². The van der Waals surface area contributed by atoms with E-state index in [-0.39, 0.29) is 6.10 Å². The van der Waals surface area contributed by atoms with Crippen molar-refractivity contribution in [2.75, 3.05) is 18.0 Å². The lowest BCUT2D eigenvalue weighted by Gasteiger charge is -2.12. The molecule has 0 spiro atoms. The topological polar surface area (TPSA) is 36.4 Å². The number of β-amino-alcohol motifs (C(OH)–C–C–N with tert-alkyl or cyclic N) is 1. The quantitative estimate of drug-likeness (QED) is 0.842. The summed E-state index contributed by atoms with van der Waals surface area (Å²) < 4.78 is 1.25. The van der Waals surface area contributed by atoms with Crippen molar-refractivity contribution in [3.63, 3.8) is 0 Å². The molecule has 1 atom stereocenters. The first-order valence-corrected chi connectivity index (χ1v) is 6.76. The van der Waals surface area contributed by atoms with Crippen LogP contribution in [-0.2, 0) is 0 Å². The summed E-state index contributed by atoms with van der Waals surface area (Å²) in [5.41, 5.74) is 3.63. The highest BCUT2D eigenvalue weighted by Gasteiger charge is 2.23. The lowest BCUT2D eigenvalue weighted by molar-refractivity contribution is 0.198. The number of aliphatic hydroxyl groups is 1. The Morgan fingerprint density at radius 1 is 1.41 bits per heavy atom. The van der Waals surface area contributed by atoms with E-state index in [9.17, 15) is 5.11 Å². The maximum atomic E-state index is 9.57. The molecule has 3 rings (SSSR count). The van der Waals surface area contributed by atoms with Crippen molar-refractivity contribution < 1.29 is 5.11 Å². The Morgan fingerprint density at radius 3 is 2.94 bits per heavy atom. The third kappa shape index (κ3) is 1.91. The molecule has 1 unspecified atom stereocenters. The molecule has 1 aliphatic heterocycles. The van der Waals surface area contributed by atoms with E-state index in [0.717, 1.165) is 30.2 Å². The van der Waals surface area contributed by atoms with Crippen molar-refractivity contribution in [3.8, 4) is 0 Å². The summed E-state index contributed by atoms with van der Waals surface area (Å²) >= 11 is 1.73. The second-order valence-electron chi connectivity index (χ2n) is 4.81. The van der Waals surface area contributed by atoms with Gasteiger partial charge in [-0.25, -0.2) is 4.98 Å². The van der Waals surface area contributed by atoms with Gasteiger partial charge in [0, 0.05) is 13.1 Å². The smallest absolute Gasteiger partial charge is 0.186 e. The summed E-state index contributed by atoms with van der Waals surface area (Å²) in [5.74, 6) is 0. The minimum atomic E-state index is -0.190. The Balaban J connectivity index is 2.04. The van der Waals surface area contributed by atoms with Gasteiger partial charge in [-0.1, -0.05) is 17.4 Å². The van der Waals surface area contributed by atoms with E-state index in [1.54, 1.807) is 11.3 Å². The molecule has 0 saturated carbocycles. The standard InChI is InChI=1S/C13H16N2OS/c1-8-5-9(2)12-11(6-8)17-13(14-12)15-4-3-10(16)7-15/h5-6,10,16H,3-4,7H2,1-2H3. The summed E-state index contributed by atoms with van der Waals surface area (Å²) in [4.78, 5) is 6.89.